The molecule has 0 saturated carbocycles. The first kappa shape index (κ1) is 28.7. The maximum atomic E-state index is 12.2. The molecule has 0 spiro atoms. The minimum absolute atomic E-state index is 0.0742. The molecule has 8 N–H and O–H groups in total. The fraction of sp³-hybridized carbons (Fsp3) is 0.538. The summed E-state index contributed by atoms with van der Waals surface area (Å²) in [4.78, 5) is 55.3. The molecule has 34 heavy (non-hydrogen) atoms. The molecule has 0 aliphatic carbocycles. The number of anilines is 1. The lowest BCUT2D eigenvalue weighted by molar-refractivity contribution is -0.240. The van der Waals surface area contributed by atoms with E-state index in [-0.39, 0.29) is 30.8 Å². The highest BCUT2D eigenvalue weighted by Crippen LogP contribution is 2.66. The molecule has 0 radical (unpaired) electrons. The summed E-state index contributed by atoms with van der Waals surface area (Å²) in [5.41, 5.74) is 4.90. The van der Waals surface area contributed by atoms with Gasteiger partial charge in [-0.25, -0.2) is 23.4 Å². The SMILES string of the molecule is Nc1nc(=O)n(C2CC(O)C(COP(=O)(O)OP(=O)(O)OP(=O)(O)O)O2)cc1C#CCCOO. The fourth-order valence-electron chi connectivity index (χ4n) is 2.55. The van der Waals surface area contributed by atoms with Crippen LogP contribution in [0.1, 0.15) is 24.6 Å². The molecule has 1 aromatic rings. The Kier molecular flexibility index (Phi) is 9.70. The molecule has 1 saturated heterocycles. The zero-order valence-electron chi connectivity index (χ0n) is 16.8. The molecule has 5 atom stereocenters. The van der Waals surface area contributed by atoms with E-state index in [1.807, 2.05) is 0 Å². The summed E-state index contributed by atoms with van der Waals surface area (Å²) in [7, 11) is -16.7. The third kappa shape index (κ3) is 8.93. The van der Waals surface area contributed by atoms with E-state index in [0.29, 0.717) is 0 Å². The van der Waals surface area contributed by atoms with Gasteiger partial charge >= 0.3 is 29.2 Å². The lowest BCUT2D eigenvalue weighted by Crippen LogP contribution is -2.29. The molecule has 2 rings (SSSR count). The van der Waals surface area contributed by atoms with Gasteiger partial charge in [0.05, 0.1) is 24.9 Å². The number of nitrogen functional groups attached to an aromatic ring is 1. The summed E-state index contributed by atoms with van der Waals surface area (Å²) < 4.78 is 51.7. The van der Waals surface area contributed by atoms with E-state index in [9.17, 15) is 28.5 Å². The van der Waals surface area contributed by atoms with Crippen molar-refractivity contribution in [3.63, 3.8) is 0 Å². The molecule has 0 bridgehead atoms. The van der Waals surface area contributed by atoms with Crippen molar-refractivity contribution in [1.29, 1.82) is 0 Å². The third-order valence-corrected chi connectivity index (χ3v) is 7.66. The average Bonchev–Trinajstić information content (AvgIpc) is 3.02. The molecule has 0 aromatic carbocycles. The average molecular weight is 551 g/mol. The second kappa shape index (κ2) is 11.5. The predicted octanol–water partition coefficient (Wildman–Crippen LogP) is -0.952. The van der Waals surface area contributed by atoms with Crippen LogP contribution in [-0.2, 0) is 36.5 Å². The van der Waals surface area contributed by atoms with Gasteiger partial charge in [-0.1, -0.05) is 11.8 Å². The van der Waals surface area contributed by atoms with Crippen molar-refractivity contribution in [3.05, 3.63) is 22.2 Å². The molecule has 21 heteroatoms. The molecule has 192 valence electrons. The smallest absolute Gasteiger partial charge is 0.390 e. The molecule has 1 aliphatic heterocycles. The third-order valence-electron chi connectivity index (χ3n) is 3.85. The Balaban J connectivity index is 2.07. The number of aromatic nitrogens is 2. The molecule has 2 heterocycles. The van der Waals surface area contributed by atoms with Crippen LogP contribution in [0.5, 0.6) is 0 Å². The number of aliphatic hydroxyl groups is 1. The van der Waals surface area contributed by atoms with Crippen LogP contribution in [0.4, 0.5) is 5.82 Å². The van der Waals surface area contributed by atoms with E-state index in [1.165, 1.54) is 6.20 Å². The number of nitrogens with zero attached hydrogens (tertiary/aromatic N) is 2. The first-order valence-corrected chi connectivity index (χ1v) is 13.4. The van der Waals surface area contributed by atoms with Crippen molar-refractivity contribution >= 4 is 29.3 Å². The standard InChI is InChI=1S/C13H20N3O15P3/c14-12-8(3-1-2-4-27-19)6-16(13(18)15-12)11-5-9(17)10(29-11)7-28-33(23,24)31-34(25,26)30-32(20,21)22/h6,9-11,17,19H,2,4-5,7H2,(H,23,24)(H,25,26)(H2,14,15,18)(H2,20,21,22). The first-order chi connectivity index (χ1) is 15.6. The largest absolute Gasteiger partial charge is 0.490 e. The van der Waals surface area contributed by atoms with E-state index >= 15 is 0 Å². The van der Waals surface area contributed by atoms with Crippen molar-refractivity contribution < 1.29 is 66.4 Å². The van der Waals surface area contributed by atoms with Crippen LogP contribution in [0.15, 0.2) is 11.0 Å². The van der Waals surface area contributed by atoms with Crippen molar-refractivity contribution in [2.24, 2.45) is 0 Å². The van der Waals surface area contributed by atoms with Gasteiger partial charge in [-0.3, -0.25) is 14.3 Å². The number of nitrogens with two attached hydrogens (primary N) is 1. The number of hydrogen-bond donors (Lipinski definition) is 7. The minimum Gasteiger partial charge on any atom is -0.390 e. The molecule has 0 amide bonds. The van der Waals surface area contributed by atoms with Gasteiger partial charge < -0.3 is 35.2 Å². The van der Waals surface area contributed by atoms with Gasteiger partial charge in [0.2, 0.25) is 0 Å². The van der Waals surface area contributed by atoms with Crippen LogP contribution in [0.2, 0.25) is 0 Å². The summed E-state index contributed by atoms with van der Waals surface area (Å²) >= 11 is 0. The Bertz CT molecular complexity index is 1140. The van der Waals surface area contributed by atoms with Gasteiger partial charge in [0.15, 0.2) is 0 Å². The number of rotatable bonds is 10. The second-order valence-corrected chi connectivity index (χ2v) is 10.9. The molecular weight excluding hydrogens is 531 g/mol. The van der Waals surface area contributed by atoms with E-state index < -0.39 is 54.2 Å². The van der Waals surface area contributed by atoms with Crippen molar-refractivity contribution in [3.8, 4) is 11.8 Å². The molecule has 1 aliphatic rings. The van der Waals surface area contributed by atoms with Crippen molar-refractivity contribution in [1.82, 2.24) is 9.55 Å². The molecule has 5 unspecified atom stereocenters. The molecule has 18 nitrogen and oxygen atoms in total. The quantitative estimate of drug-likeness (QED) is 0.0606. The number of phosphoric acid groups is 3. The molecular formula is C13H20N3O15P3. The van der Waals surface area contributed by atoms with Crippen LogP contribution in [0, 0.1) is 11.8 Å². The lowest BCUT2D eigenvalue weighted by Gasteiger charge is -2.19. The Labute approximate surface area is 190 Å². The lowest BCUT2D eigenvalue weighted by atomic mass is 10.2. The summed E-state index contributed by atoms with van der Waals surface area (Å²) in [6.07, 6.45) is -2.75. The highest BCUT2D eigenvalue weighted by molar-refractivity contribution is 7.66. The van der Waals surface area contributed by atoms with Crippen LogP contribution >= 0.6 is 23.5 Å². The van der Waals surface area contributed by atoms with E-state index in [1.54, 1.807) is 0 Å². The highest BCUT2D eigenvalue weighted by Gasteiger charge is 2.43. The van der Waals surface area contributed by atoms with Gasteiger partial charge in [0, 0.05) is 19.0 Å². The first-order valence-electron chi connectivity index (χ1n) is 8.88. The topological polar surface area (TPSA) is 280 Å². The minimum atomic E-state index is -5.71. The van der Waals surface area contributed by atoms with E-state index in [0.717, 1.165) is 4.57 Å². The Morgan fingerprint density at radius 1 is 1.21 bits per heavy atom. The molecule has 1 fully saturated rings. The zero-order valence-corrected chi connectivity index (χ0v) is 19.5. The van der Waals surface area contributed by atoms with Crippen LogP contribution in [-0.4, -0.2) is 64.9 Å². The van der Waals surface area contributed by atoms with E-state index in [2.05, 4.69) is 34.9 Å². The molecule has 1 aromatic heterocycles. The van der Waals surface area contributed by atoms with Crippen LogP contribution in [0.3, 0.4) is 0 Å². The van der Waals surface area contributed by atoms with Crippen molar-refractivity contribution in [2.45, 2.75) is 31.3 Å². The van der Waals surface area contributed by atoms with E-state index in [4.69, 9.17) is 30.4 Å². The Morgan fingerprint density at radius 3 is 2.50 bits per heavy atom. The van der Waals surface area contributed by atoms with Gasteiger partial charge in [-0.05, 0) is 0 Å². The van der Waals surface area contributed by atoms with Crippen LogP contribution in [0.25, 0.3) is 0 Å². The van der Waals surface area contributed by atoms with Crippen molar-refractivity contribution in [2.75, 3.05) is 18.9 Å². The van der Waals surface area contributed by atoms with Gasteiger partial charge in [-0.15, -0.1) is 0 Å². The van der Waals surface area contributed by atoms with Gasteiger partial charge in [-0.2, -0.15) is 13.6 Å². The Hall–Kier alpha value is -1.51. The zero-order chi connectivity index (χ0) is 25.7. The summed E-state index contributed by atoms with van der Waals surface area (Å²) in [6.45, 7) is -0.985. The van der Waals surface area contributed by atoms with Crippen LogP contribution < -0.4 is 11.4 Å². The number of phosphoric ester groups is 1. The summed E-state index contributed by atoms with van der Waals surface area (Å²) in [5, 5.41) is 18.4. The summed E-state index contributed by atoms with van der Waals surface area (Å²) in [5.74, 6) is 5.03. The number of hydrogen-bond acceptors (Lipinski definition) is 13. The summed E-state index contributed by atoms with van der Waals surface area (Å²) in [6, 6.07) is 0. The monoisotopic (exact) mass is 551 g/mol. The van der Waals surface area contributed by atoms with Gasteiger partial charge in [0.1, 0.15) is 18.1 Å². The fourth-order valence-corrected chi connectivity index (χ4v) is 5.58. The number of aliphatic hydroxyl groups excluding tert-OH is 1. The normalized spacial score (nSPS) is 24.1. The maximum absolute atomic E-state index is 12.2. The Morgan fingerprint density at radius 2 is 1.88 bits per heavy atom. The second-order valence-electron chi connectivity index (χ2n) is 6.43. The highest BCUT2D eigenvalue weighted by atomic mass is 31.3. The maximum Gasteiger partial charge on any atom is 0.490 e. The van der Waals surface area contributed by atoms with Gasteiger partial charge in [0.25, 0.3) is 0 Å². The predicted molar refractivity (Wildman–Crippen MR) is 107 cm³/mol. The number of ether oxygens (including phenoxy) is 1.